The van der Waals surface area contributed by atoms with Crippen LogP contribution in [0.5, 0.6) is 0 Å². The van der Waals surface area contributed by atoms with Crippen LogP contribution in [0.3, 0.4) is 0 Å². The van der Waals surface area contributed by atoms with Gasteiger partial charge in [-0.2, -0.15) is 0 Å². The lowest BCUT2D eigenvalue weighted by atomic mass is 10.0. The minimum Gasteiger partial charge on any atom is -0.481 e. The zero-order valence-electron chi connectivity index (χ0n) is 16.4. The van der Waals surface area contributed by atoms with Crippen LogP contribution in [0.1, 0.15) is 38.7 Å². The number of amides is 4. The second kappa shape index (κ2) is 8.18. The first-order valence-electron chi connectivity index (χ1n) is 9.60. The summed E-state index contributed by atoms with van der Waals surface area (Å²) in [6.07, 6.45) is -0.117. The second-order valence-corrected chi connectivity index (χ2v) is 7.62. The summed E-state index contributed by atoms with van der Waals surface area (Å²) in [7, 11) is 0. The van der Waals surface area contributed by atoms with E-state index in [1.807, 2.05) is 0 Å². The predicted octanol–water partition coefficient (Wildman–Crippen LogP) is 1.83. The molecule has 0 spiro atoms. The van der Waals surface area contributed by atoms with E-state index in [1.165, 1.54) is 21.9 Å². The van der Waals surface area contributed by atoms with Crippen molar-refractivity contribution in [2.24, 2.45) is 0 Å². The van der Waals surface area contributed by atoms with Crippen molar-refractivity contribution in [2.45, 2.75) is 57.8 Å². The standard InChI is InChI=1S/C20H24FN3O5/c1-12(2)24-19(28)18-15(8-9-22(18)16(25)6-7-17(26)27)23(20(24)29)11-13-4-3-5-14(21)10-13/h3-5,10,12,15,18H,6-9,11H2,1-2H3,(H,26,27)/t15-,18+/m1/s1. The van der Waals surface area contributed by atoms with Gasteiger partial charge in [0.15, 0.2) is 0 Å². The van der Waals surface area contributed by atoms with E-state index < -0.39 is 47.8 Å². The topological polar surface area (TPSA) is 98.2 Å². The Balaban J connectivity index is 1.90. The van der Waals surface area contributed by atoms with E-state index in [9.17, 15) is 23.6 Å². The van der Waals surface area contributed by atoms with Crippen LogP contribution >= 0.6 is 0 Å². The molecule has 2 aliphatic heterocycles. The number of rotatable bonds is 6. The van der Waals surface area contributed by atoms with E-state index in [1.54, 1.807) is 26.0 Å². The molecule has 0 radical (unpaired) electrons. The van der Waals surface area contributed by atoms with Crippen molar-refractivity contribution in [3.63, 3.8) is 0 Å². The SMILES string of the molecule is CC(C)N1C(=O)[C@@H]2[C@@H](CCN2C(=O)CCC(=O)O)N(Cc2cccc(F)c2)C1=O. The lowest BCUT2D eigenvalue weighted by Gasteiger charge is -2.45. The number of aliphatic carboxylic acids is 1. The van der Waals surface area contributed by atoms with Gasteiger partial charge >= 0.3 is 12.0 Å². The Morgan fingerprint density at radius 1 is 1.24 bits per heavy atom. The molecule has 0 bridgehead atoms. The normalized spacial score (nSPS) is 21.7. The third kappa shape index (κ3) is 4.08. The van der Waals surface area contributed by atoms with Crippen LogP contribution in [0.4, 0.5) is 9.18 Å². The summed E-state index contributed by atoms with van der Waals surface area (Å²) in [5, 5.41) is 8.84. The Labute approximate surface area is 167 Å². The maximum Gasteiger partial charge on any atom is 0.327 e. The summed E-state index contributed by atoms with van der Waals surface area (Å²) < 4.78 is 13.6. The van der Waals surface area contributed by atoms with Gasteiger partial charge in [-0.25, -0.2) is 9.18 Å². The summed E-state index contributed by atoms with van der Waals surface area (Å²) >= 11 is 0. The third-order valence-electron chi connectivity index (χ3n) is 5.34. The minimum atomic E-state index is -1.09. The van der Waals surface area contributed by atoms with E-state index >= 15 is 0 Å². The maximum absolute atomic E-state index is 13.6. The Morgan fingerprint density at radius 2 is 1.97 bits per heavy atom. The summed E-state index contributed by atoms with van der Waals surface area (Å²) in [6.45, 7) is 3.80. The van der Waals surface area contributed by atoms with Crippen LogP contribution in [0.2, 0.25) is 0 Å². The highest BCUT2D eigenvalue weighted by atomic mass is 19.1. The molecule has 0 saturated carbocycles. The first-order chi connectivity index (χ1) is 13.7. The Kier molecular flexibility index (Phi) is 5.86. The molecule has 2 atom stereocenters. The summed E-state index contributed by atoms with van der Waals surface area (Å²) in [5.41, 5.74) is 0.589. The van der Waals surface area contributed by atoms with Crippen molar-refractivity contribution >= 4 is 23.8 Å². The highest BCUT2D eigenvalue weighted by molar-refractivity contribution is 6.02. The number of carbonyl (C=O) groups excluding carboxylic acids is 3. The molecule has 8 nitrogen and oxygen atoms in total. The Hall–Kier alpha value is -2.97. The molecule has 0 aromatic heterocycles. The lowest BCUT2D eigenvalue weighted by Crippen LogP contribution is -2.66. The number of likely N-dealkylation sites (tertiary alicyclic amines) is 1. The molecule has 1 N–H and O–H groups in total. The van der Waals surface area contributed by atoms with E-state index in [2.05, 4.69) is 0 Å². The number of nitrogens with zero attached hydrogens (tertiary/aromatic N) is 3. The highest BCUT2D eigenvalue weighted by Gasteiger charge is 2.53. The number of carboxylic acid groups (broad SMARTS) is 1. The molecule has 4 amide bonds. The Morgan fingerprint density at radius 3 is 2.59 bits per heavy atom. The van der Waals surface area contributed by atoms with Gasteiger partial charge in [-0.3, -0.25) is 19.3 Å². The van der Waals surface area contributed by atoms with E-state index in [0.29, 0.717) is 12.0 Å². The van der Waals surface area contributed by atoms with Crippen LogP contribution < -0.4 is 0 Å². The molecule has 2 aliphatic rings. The van der Waals surface area contributed by atoms with Gasteiger partial charge in [-0.15, -0.1) is 0 Å². The van der Waals surface area contributed by atoms with Crippen LogP contribution in [-0.2, 0) is 20.9 Å². The van der Waals surface area contributed by atoms with Crippen LogP contribution in [-0.4, -0.2) is 68.3 Å². The van der Waals surface area contributed by atoms with Gasteiger partial charge in [0, 0.05) is 25.6 Å². The number of carboxylic acids is 1. The first kappa shape index (κ1) is 20.8. The maximum atomic E-state index is 13.6. The molecule has 1 aromatic carbocycles. The fraction of sp³-hybridized carbons (Fsp3) is 0.500. The number of imide groups is 1. The minimum absolute atomic E-state index is 0.116. The van der Waals surface area contributed by atoms with Crippen molar-refractivity contribution < 1.29 is 28.7 Å². The highest BCUT2D eigenvalue weighted by Crippen LogP contribution is 2.33. The zero-order chi connectivity index (χ0) is 21.3. The fourth-order valence-electron chi connectivity index (χ4n) is 4.05. The quantitative estimate of drug-likeness (QED) is 0.779. The van der Waals surface area contributed by atoms with Gasteiger partial charge in [0.05, 0.1) is 12.5 Å². The molecule has 2 fully saturated rings. The van der Waals surface area contributed by atoms with Gasteiger partial charge in [0.25, 0.3) is 5.91 Å². The van der Waals surface area contributed by atoms with Crippen molar-refractivity contribution in [2.75, 3.05) is 6.54 Å². The van der Waals surface area contributed by atoms with Gasteiger partial charge in [-0.05, 0) is 38.0 Å². The van der Waals surface area contributed by atoms with Crippen molar-refractivity contribution in [3.8, 4) is 0 Å². The van der Waals surface area contributed by atoms with E-state index in [0.717, 1.165) is 4.90 Å². The number of hydrogen-bond acceptors (Lipinski definition) is 4. The van der Waals surface area contributed by atoms with Gasteiger partial charge < -0.3 is 14.9 Å². The summed E-state index contributed by atoms with van der Waals surface area (Å²) in [4.78, 5) is 53.5. The third-order valence-corrected chi connectivity index (χ3v) is 5.34. The fourth-order valence-corrected chi connectivity index (χ4v) is 4.05. The number of hydrogen-bond donors (Lipinski definition) is 1. The molecule has 2 heterocycles. The first-order valence-corrected chi connectivity index (χ1v) is 9.60. The molecule has 3 rings (SSSR count). The van der Waals surface area contributed by atoms with Crippen molar-refractivity contribution in [1.29, 1.82) is 0 Å². The van der Waals surface area contributed by atoms with Crippen LogP contribution in [0.15, 0.2) is 24.3 Å². The largest absolute Gasteiger partial charge is 0.481 e. The number of fused-ring (bicyclic) bond motifs is 1. The number of urea groups is 1. The van der Waals surface area contributed by atoms with Crippen molar-refractivity contribution in [1.82, 2.24) is 14.7 Å². The molecule has 2 saturated heterocycles. The zero-order valence-corrected chi connectivity index (χ0v) is 16.4. The smallest absolute Gasteiger partial charge is 0.327 e. The summed E-state index contributed by atoms with van der Waals surface area (Å²) in [5.74, 6) is -2.38. The molecule has 0 aliphatic carbocycles. The molecule has 29 heavy (non-hydrogen) atoms. The number of carbonyl (C=O) groups is 4. The van der Waals surface area contributed by atoms with E-state index in [-0.39, 0.29) is 25.9 Å². The second-order valence-electron chi connectivity index (χ2n) is 7.62. The predicted molar refractivity (Wildman–Crippen MR) is 100 cm³/mol. The molecular formula is C20H24FN3O5. The average Bonchev–Trinajstić information content (AvgIpc) is 3.08. The number of benzene rings is 1. The average molecular weight is 405 g/mol. The molecule has 9 heteroatoms. The van der Waals surface area contributed by atoms with Crippen LogP contribution in [0.25, 0.3) is 0 Å². The Bertz CT molecular complexity index is 843. The molecule has 0 unspecified atom stereocenters. The monoisotopic (exact) mass is 405 g/mol. The lowest BCUT2D eigenvalue weighted by molar-refractivity contribution is -0.148. The van der Waals surface area contributed by atoms with Gasteiger partial charge in [0.2, 0.25) is 5.91 Å². The molecule has 156 valence electrons. The van der Waals surface area contributed by atoms with Crippen molar-refractivity contribution in [3.05, 3.63) is 35.6 Å². The van der Waals surface area contributed by atoms with Gasteiger partial charge in [0.1, 0.15) is 11.9 Å². The summed E-state index contributed by atoms with van der Waals surface area (Å²) in [6, 6.07) is 3.64. The van der Waals surface area contributed by atoms with E-state index in [4.69, 9.17) is 5.11 Å². The van der Waals surface area contributed by atoms with Gasteiger partial charge in [-0.1, -0.05) is 12.1 Å². The number of halogens is 1. The molecule has 1 aromatic rings. The molecular weight excluding hydrogens is 381 g/mol. The van der Waals surface area contributed by atoms with Crippen LogP contribution in [0, 0.1) is 5.82 Å².